The summed E-state index contributed by atoms with van der Waals surface area (Å²) < 4.78 is 1.70. The van der Waals surface area contributed by atoms with E-state index in [-0.39, 0.29) is 11.2 Å². The SMILES string of the molecule is Cn1cc(N2CCCC(Sc3ccc(Cl)nn3)C2=O)cn1. The predicted octanol–water partition coefficient (Wildman–Crippen LogP) is 2.15. The summed E-state index contributed by atoms with van der Waals surface area (Å²) in [6, 6.07) is 3.47. The van der Waals surface area contributed by atoms with E-state index in [4.69, 9.17) is 11.6 Å². The van der Waals surface area contributed by atoms with E-state index in [1.54, 1.807) is 27.9 Å². The van der Waals surface area contributed by atoms with Gasteiger partial charge in [-0.2, -0.15) is 5.10 Å². The van der Waals surface area contributed by atoms with Gasteiger partial charge in [0.2, 0.25) is 5.91 Å². The number of piperidine rings is 1. The highest BCUT2D eigenvalue weighted by Crippen LogP contribution is 2.31. The van der Waals surface area contributed by atoms with Crippen molar-refractivity contribution < 1.29 is 4.79 Å². The minimum atomic E-state index is -0.144. The van der Waals surface area contributed by atoms with Gasteiger partial charge in [-0.3, -0.25) is 9.48 Å². The van der Waals surface area contributed by atoms with Gasteiger partial charge in [-0.1, -0.05) is 23.4 Å². The lowest BCUT2D eigenvalue weighted by Crippen LogP contribution is -2.42. The van der Waals surface area contributed by atoms with Gasteiger partial charge in [-0.05, 0) is 25.0 Å². The van der Waals surface area contributed by atoms with Gasteiger partial charge in [0.1, 0.15) is 5.03 Å². The van der Waals surface area contributed by atoms with Crippen LogP contribution in [0.1, 0.15) is 12.8 Å². The summed E-state index contributed by atoms with van der Waals surface area (Å²) >= 11 is 7.16. The molecule has 1 unspecified atom stereocenters. The largest absolute Gasteiger partial charge is 0.309 e. The van der Waals surface area contributed by atoms with Crippen molar-refractivity contribution in [3.63, 3.8) is 0 Å². The molecule has 1 amide bonds. The van der Waals surface area contributed by atoms with E-state index in [1.807, 2.05) is 13.2 Å². The average molecular weight is 324 g/mol. The minimum absolute atomic E-state index is 0.0935. The van der Waals surface area contributed by atoms with Gasteiger partial charge >= 0.3 is 0 Å². The van der Waals surface area contributed by atoms with Crippen molar-refractivity contribution in [2.24, 2.45) is 7.05 Å². The summed E-state index contributed by atoms with van der Waals surface area (Å²) in [5, 5.41) is 12.9. The molecule has 2 aromatic heterocycles. The number of halogens is 1. The van der Waals surface area contributed by atoms with Gasteiger partial charge in [0.25, 0.3) is 0 Å². The zero-order valence-electron chi connectivity index (χ0n) is 11.4. The molecule has 1 aliphatic heterocycles. The van der Waals surface area contributed by atoms with Crippen LogP contribution in [-0.2, 0) is 11.8 Å². The first-order valence-electron chi connectivity index (χ1n) is 6.59. The standard InChI is InChI=1S/C13H14ClN5OS/c1-18-8-9(7-15-18)19-6-2-3-10(13(19)20)21-12-5-4-11(14)16-17-12/h4-5,7-8,10H,2-3,6H2,1H3. The Morgan fingerprint density at radius 3 is 2.90 bits per heavy atom. The van der Waals surface area contributed by atoms with E-state index < -0.39 is 0 Å². The molecule has 2 aromatic rings. The highest BCUT2D eigenvalue weighted by molar-refractivity contribution is 8.00. The Hall–Kier alpha value is -1.60. The van der Waals surface area contributed by atoms with Gasteiger partial charge in [0.15, 0.2) is 5.15 Å². The van der Waals surface area contributed by atoms with Gasteiger partial charge in [-0.25, -0.2) is 0 Å². The smallest absolute Gasteiger partial charge is 0.240 e. The fourth-order valence-electron chi connectivity index (χ4n) is 2.27. The molecule has 1 atom stereocenters. The third-order valence-corrected chi connectivity index (χ3v) is 4.65. The lowest BCUT2D eigenvalue weighted by Gasteiger charge is -2.30. The molecule has 3 heterocycles. The minimum Gasteiger partial charge on any atom is -0.309 e. The summed E-state index contributed by atoms with van der Waals surface area (Å²) in [6.07, 6.45) is 5.37. The molecule has 1 aliphatic rings. The number of carbonyl (C=O) groups is 1. The van der Waals surface area contributed by atoms with Crippen molar-refractivity contribution in [2.45, 2.75) is 23.1 Å². The zero-order valence-corrected chi connectivity index (χ0v) is 13.0. The van der Waals surface area contributed by atoms with E-state index in [0.717, 1.165) is 25.1 Å². The first-order valence-corrected chi connectivity index (χ1v) is 7.85. The van der Waals surface area contributed by atoms with Crippen LogP contribution in [0.15, 0.2) is 29.6 Å². The van der Waals surface area contributed by atoms with Gasteiger partial charge in [-0.15, -0.1) is 10.2 Å². The topological polar surface area (TPSA) is 63.9 Å². The molecule has 0 aliphatic carbocycles. The number of hydrogen-bond acceptors (Lipinski definition) is 5. The fourth-order valence-corrected chi connectivity index (χ4v) is 3.41. The monoisotopic (exact) mass is 323 g/mol. The molecule has 21 heavy (non-hydrogen) atoms. The molecule has 1 fully saturated rings. The normalized spacial score (nSPS) is 19.0. The van der Waals surface area contributed by atoms with Crippen LogP contribution in [0.4, 0.5) is 5.69 Å². The molecule has 8 heteroatoms. The van der Waals surface area contributed by atoms with E-state index >= 15 is 0 Å². The molecule has 110 valence electrons. The molecule has 3 rings (SSSR count). The van der Waals surface area contributed by atoms with Gasteiger partial charge in [0, 0.05) is 19.8 Å². The Kier molecular flexibility index (Phi) is 4.12. The Labute approximate surface area is 131 Å². The number of amides is 1. The Morgan fingerprint density at radius 2 is 2.24 bits per heavy atom. The van der Waals surface area contributed by atoms with Crippen molar-refractivity contribution in [1.29, 1.82) is 0 Å². The molecule has 6 nitrogen and oxygen atoms in total. The number of anilines is 1. The molecule has 0 aromatic carbocycles. The maximum absolute atomic E-state index is 12.6. The molecular formula is C13H14ClN5OS. The highest BCUT2D eigenvalue weighted by atomic mass is 35.5. The van der Waals surface area contributed by atoms with E-state index in [9.17, 15) is 4.79 Å². The quantitative estimate of drug-likeness (QED) is 0.866. The van der Waals surface area contributed by atoms with Crippen LogP contribution in [-0.4, -0.2) is 37.7 Å². The number of nitrogens with zero attached hydrogens (tertiary/aromatic N) is 5. The van der Waals surface area contributed by atoms with Crippen LogP contribution in [0.2, 0.25) is 5.15 Å². The van der Waals surface area contributed by atoms with Crippen molar-refractivity contribution in [1.82, 2.24) is 20.0 Å². The summed E-state index contributed by atoms with van der Waals surface area (Å²) in [7, 11) is 1.84. The maximum Gasteiger partial charge on any atom is 0.240 e. The number of carbonyl (C=O) groups excluding carboxylic acids is 1. The van der Waals surface area contributed by atoms with Crippen LogP contribution in [0.25, 0.3) is 0 Å². The van der Waals surface area contributed by atoms with Crippen molar-refractivity contribution in [2.75, 3.05) is 11.4 Å². The second-order valence-electron chi connectivity index (χ2n) is 4.81. The molecule has 0 N–H and O–H groups in total. The maximum atomic E-state index is 12.6. The van der Waals surface area contributed by atoms with Crippen LogP contribution < -0.4 is 4.90 Å². The van der Waals surface area contributed by atoms with Crippen LogP contribution in [0.5, 0.6) is 0 Å². The van der Waals surface area contributed by atoms with Gasteiger partial charge < -0.3 is 4.90 Å². The van der Waals surface area contributed by atoms with Crippen molar-refractivity contribution >= 4 is 35.0 Å². The fraction of sp³-hybridized carbons (Fsp3) is 0.385. The number of hydrogen-bond donors (Lipinski definition) is 0. The number of aromatic nitrogens is 4. The third-order valence-electron chi connectivity index (χ3n) is 3.26. The summed E-state index contributed by atoms with van der Waals surface area (Å²) in [5.41, 5.74) is 0.843. The molecule has 1 saturated heterocycles. The zero-order chi connectivity index (χ0) is 14.8. The first-order chi connectivity index (χ1) is 10.1. The predicted molar refractivity (Wildman–Crippen MR) is 81.5 cm³/mol. The van der Waals surface area contributed by atoms with Gasteiger partial charge in [0.05, 0.1) is 17.1 Å². The van der Waals surface area contributed by atoms with Crippen LogP contribution in [0.3, 0.4) is 0 Å². The molecule has 0 spiro atoms. The molecule has 0 saturated carbocycles. The van der Waals surface area contributed by atoms with Crippen molar-refractivity contribution in [3.8, 4) is 0 Å². The highest BCUT2D eigenvalue weighted by Gasteiger charge is 2.31. The second-order valence-corrected chi connectivity index (χ2v) is 6.42. The Balaban J connectivity index is 1.74. The van der Waals surface area contributed by atoms with E-state index in [2.05, 4.69) is 15.3 Å². The van der Waals surface area contributed by atoms with Crippen LogP contribution >= 0.6 is 23.4 Å². The average Bonchev–Trinajstić information content (AvgIpc) is 2.90. The molecule has 0 radical (unpaired) electrons. The first kappa shape index (κ1) is 14.3. The number of aryl methyl sites for hydroxylation is 1. The second kappa shape index (κ2) is 6.03. The van der Waals surface area contributed by atoms with E-state index in [1.165, 1.54) is 11.8 Å². The summed E-state index contributed by atoms with van der Waals surface area (Å²) in [5.74, 6) is 0.0935. The summed E-state index contributed by atoms with van der Waals surface area (Å²) in [6.45, 7) is 0.730. The number of thioether (sulfide) groups is 1. The molecule has 0 bridgehead atoms. The van der Waals surface area contributed by atoms with Crippen LogP contribution in [0, 0.1) is 0 Å². The Morgan fingerprint density at radius 1 is 1.38 bits per heavy atom. The lowest BCUT2D eigenvalue weighted by atomic mass is 10.1. The van der Waals surface area contributed by atoms with Crippen molar-refractivity contribution in [3.05, 3.63) is 29.7 Å². The third kappa shape index (κ3) is 3.19. The van der Waals surface area contributed by atoms with E-state index in [0.29, 0.717) is 10.2 Å². The summed E-state index contributed by atoms with van der Waals surface area (Å²) in [4.78, 5) is 14.4. The molecular weight excluding hydrogens is 310 g/mol. The number of rotatable bonds is 3. The Bertz CT molecular complexity index is 644. The lowest BCUT2D eigenvalue weighted by molar-refractivity contribution is -0.119.